The normalized spacial score (nSPS) is 12.6. The van der Waals surface area contributed by atoms with Crippen molar-refractivity contribution in [1.82, 2.24) is 0 Å². The zero-order valence-electron chi connectivity index (χ0n) is 8.18. The fourth-order valence-corrected chi connectivity index (χ4v) is 1.01. The molecule has 2 heteroatoms. The van der Waals surface area contributed by atoms with Crippen molar-refractivity contribution in [2.75, 3.05) is 0 Å². The van der Waals surface area contributed by atoms with Crippen molar-refractivity contribution in [1.29, 1.82) is 0 Å². The van der Waals surface area contributed by atoms with Crippen LogP contribution in [-0.4, -0.2) is 11.1 Å². The van der Waals surface area contributed by atoms with Crippen LogP contribution in [0.5, 0.6) is 0 Å². The molecule has 0 rings (SSSR count). The van der Waals surface area contributed by atoms with Gasteiger partial charge in [0.05, 0.1) is 0 Å². The summed E-state index contributed by atoms with van der Waals surface area (Å²) in [5, 5.41) is 8.65. The number of carbonyl (C=O) groups is 1. The first-order chi connectivity index (χ1) is 5.59. The Morgan fingerprint density at radius 2 is 1.83 bits per heavy atom. The molecule has 0 bridgehead atoms. The first-order valence-corrected chi connectivity index (χ1v) is 4.49. The maximum Gasteiger partial charge on any atom is 0.331 e. The second-order valence-electron chi connectivity index (χ2n) is 3.17. The van der Waals surface area contributed by atoms with Gasteiger partial charge in [0.1, 0.15) is 0 Å². The highest BCUT2D eigenvalue weighted by molar-refractivity contribution is 5.86. The van der Waals surface area contributed by atoms with Gasteiger partial charge >= 0.3 is 5.97 Å². The largest absolute Gasteiger partial charge is 0.478 e. The van der Waals surface area contributed by atoms with Crippen molar-refractivity contribution in [2.45, 2.75) is 46.5 Å². The van der Waals surface area contributed by atoms with Crippen LogP contribution < -0.4 is 0 Å². The van der Waals surface area contributed by atoms with Gasteiger partial charge in [-0.2, -0.15) is 0 Å². The topological polar surface area (TPSA) is 37.3 Å². The smallest absolute Gasteiger partial charge is 0.331 e. The molecule has 12 heavy (non-hydrogen) atoms. The summed E-state index contributed by atoms with van der Waals surface area (Å²) in [5.74, 6) is -0.788. The zero-order valence-corrected chi connectivity index (χ0v) is 8.18. The van der Waals surface area contributed by atoms with Gasteiger partial charge in [-0.15, -0.1) is 0 Å². The highest BCUT2D eigenvalue weighted by Crippen LogP contribution is 2.12. The molecule has 0 aliphatic rings. The Hall–Kier alpha value is -0.790. The van der Waals surface area contributed by atoms with Crippen LogP contribution >= 0.6 is 0 Å². The van der Waals surface area contributed by atoms with Crippen molar-refractivity contribution in [3.63, 3.8) is 0 Å². The number of unbranched alkanes of at least 4 members (excludes halogenated alkanes) is 2. The minimum absolute atomic E-state index is 0.506. The number of carboxylic acid groups (broad SMARTS) is 1. The average molecular weight is 170 g/mol. The molecule has 0 unspecified atom stereocenters. The Morgan fingerprint density at radius 1 is 1.25 bits per heavy atom. The van der Waals surface area contributed by atoms with E-state index in [-0.39, 0.29) is 0 Å². The summed E-state index contributed by atoms with van der Waals surface area (Å²) < 4.78 is 0. The summed E-state index contributed by atoms with van der Waals surface area (Å²) in [6.07, 6.45) is 4.39. The lowest BCUT2D eigenvalue weighted by molar-refractivity contribution is -0.132. The van der Waals surface area contributed by atoms with Gasteiger partial charge in [0.15, 0.2) is 0 Å². The van der Waals surface area contributed by atoms with Gasteiger partial charge in [-0.1, -0.05) is 25.3 Å². The lowest BCUT2D eigenvalue weighted by atomic mass is 10.0. The van der Waals surface area contributed by atoms with Crippen molar-refractivity contribution >= 4 is 5.97 Å². The van der Waals surface area contributed by atoms with E-state index in [1.54, 1.807) is 6.92 Å². The number of rotatable bonds is 5. The quantitative estimate of drug-likeness (QED) is 0.508. The molecule has 0 saturated carbocycles. The molecule has 0 aromatic carbocycles. The first-order valence-electron chi connectivity index (χ1n) is 4.49. The molecule has 2 nitrogen and oxygen atoms in total. The standard InChI is InChI=1S/C10H18O2/c1-4-5-6-7-8(2)9(3)10(11)12/h4-7H2,1-3H3,(H,11,12)/b9-8+. The Morgan fingerprint density at radius 3 is 2.25 bits per heavy atom. The van der Waals surface area contributed by atoms with E-state index in [1.165, 1.54) is 12.8 Å². The molecule has 0 aromatic heterocycles. The van der Waals surface area contributed by atoms with E-state index in [4.69, 9.17) is 5.11 Å². The molecule has 0 fully saturated rings. The van der Waals surface area contributed by atoms with Crippen molar-refractivity contribution in [3.8, 4) is 0 Å². The maximum atomic E-state index is 10.5. The van der Waals surface area contributed by atoms with Crippen molar-refractivity contribution in [2.24, 2.45) is 0 Å². The number of allylic oxidation sites excluding steroid dienone is 1. The fraction of sp³-hybridized carbons (Fsp3) is 0.700. The van der Waals surface area contributed by atoms with Gasteiger partial charge in [-0.3, -0.25) is 0 Å². The molecule has 0 saturated heterocycles. The van der Waals surface area contributed by atoms with Crippen LogP contribution in [0.3, 0.4) is 0 Å². The summed E-state index contributed by atoms with van der Waals surface area (Å²) in [4.78, 5) is 10.5. The predicted octanol–water partition coefficient (Wildman–Crippen LogP) is 2.99. The molecule has 0 atom stereocenters. The molecule has 0 aromatic rings. The second-order valence-corrected chi connectivity index (χ2v) is 3.17. The van der Waals surface area contributed by atoms with E-state index in [2.05, 4.69) is 6.92 Å². The van der Waals surface area contributed by atoms with Gasteiger partial charge in [-0.25, -0.2) is 4.79 Å². The monoisotopic (exact) mass is 170 g/mol. The minimum atomic E-state index is -0.788. The van der Waals surface area contributed by atoms with E-state index in [9.17, 15) is 4.79 Å². The molecule has 70 valence electrons. The maximum absolute atomic E-state index is 10.5. The Balaban J connectivity index is 3.91. The summed E-state index contributed by atoms with van der Waals surface area (Å²) in [6, 6.07) is 0. The van der Waals surface area contributed by atoms with Crippen LogP contribution in [0, 0.1) is 0 Å². The first kappa shape index (κ1) is 11.2. The molecule has 0 aliphatic heterocycles. The van der Waals surface area contributed by atoms with Crippen molar-refractivity contribution in [3.05, 3.63) is 11.1 Å². The number of hydrogen-bond donors (Lipinski definition) is 1. The number of aliphatic carboxylic acids is 1. The summed E-state index contributed by atoms with van der Waals surface area (Å²) in [7, 11) is 0. The molecular formula is C10H18O2. The Kier molecular flexibility index (Phi) is 5.43. The van der Waals surface area contributed by atoms with Crippen molar-refractivity contribution < 1.29 is 9.90 Å². The molecule has 0 aliphatic carbocycles. The third-order valence-electron chi connectivity index (χ3n) is 2.12. The van der Waals surface area contributed by atoms with Crippen LogP contribution in [-0.2, 0) is 4.79 Å². The second kappa shape index (κ2) is 5.81. The number of hydrogen-bond acceptors (Lipinski definition) is 1. The van der Waals surface area contributed by atoms with E-state index >= 15 is 0 Å². The van der Waals surface area contributed by atoms with E-state index < -0.39 is 5.97 Å². The lowest BCUT2D eigenvalue weighted by Crippen LogP contribution is -1.99. The van der Waals surface area contributed by atoms with Crippen LogP contribution in [0.2, 0.25) is 0 Å². The number of carboxylic acids is 1. The van der Waals surface area contributed by atoms with Crippen LogP contribution in [0.4, 0.5) is 0 Å². The Bertz CT molecular complexity index is 180. The van der Waals surface area contributed by atoms with Crippen LogP contribution in [0.1, 0.15) is 46.5 Å². The fourth-order valence-electron chi connectivity index (χ4n) is 1.01. The SMILES string of the molecule is CCCCC/C(C)=C(\C)C(=O)O. The molecule has 0 spiro atoms. The molecule has 0 heterocycles. The highest BCUT2D eigenvalue weighted by atomic mass is 16.4. The van der Waals surface area contributed by atoms with Gasteiger partial charge in [-0.05, 0) is 26.7 Å². The summed E-state index contributed by atoms with van der Waals surface area (Å²) in [6.45, 7) is 5.71. The Labute approximate surface area is 74.3 Å². The minimum Gasteiger partial charge on any atom is -0.478 e. The highest BCUT2D eigenvalue weighted by Gasteiger charge is 2.03. The summed E-state index contributed by atoms with van der Waals surface area (Å²) in [5.41, 5.74) is 1.52. The average Bonchev–Trinajstić information content (AvgIpc) is 2.03. The molecule has 1 N–H and O–H groups in total. The summed E-state index contributed by atoms with van der Waals surface area (Å²) >= 11 is 0. The molecule has 0 amide bonds. The van der Waals surface area contributed by atoms with E-state index in [1.807, 2.05) is 6.92 Å². The van der Waals surface area contributed by atoms with Gasteiger partial charge in [0.2, 0.25) is 0 Å². The molecule has 0 radical (unpaired) electrons. The van der Waals surface area contributed by atoms with E-state index in [0.717, 1.165) is 18.4 Å². The van der Waals surface area contributed by atoms with Gasteiger partial charge < -0.3 is 5.11 Å². The lowest BCUT2D eigenvalue weighted by Gasteiger charge is -2.02. The van der Waals surface area contributed by atoms with E-state index in [0.29, 0.717) is 5.57 Å². The zero-order chi connectivity index (χ0) is 9.56. The third-order valence-corrected chi connectivity index (χ3v) is 2.12. The van der Waals surface area contributed by atoms with Gasteiger partial charge in [0, 0.05) is 5.57 Å². The third kappa shape index (κ3) is 4.16. The molecular weight excluding hydrogens is 152 g/mol. The van der Waals surface area contributed by atoms with Crippen LogP contribution in [0.25, 0.3) is 0 Å². The van der Waals surface area contributed by atoms with Gasteiger partial charge in [0.25, 0.3) is 0 Å². The van der Waals surface area contributed by atoms with Crippen LogP contribution in [0.15, 0.2) is 11.1 Å². The predicted molar refractivity (Wildman–Crippen MR) is 50.2 cm³/mol.